The first-order valence-electron chi connectivity index (χ1n) is 27.5. The highest BCUT2D eigenvalue weighted by atomic mass is 15.1. The molecule has 2 aliphatic carbocycles. The fourth-order valence-corrected chi connectivity index (χ4v) is 13.7. The predicted octanol–water partition coefficient (Wildman–Crippen LogP) is 20.0. The van der Waals surface area contributed by atoms with Gasteiger partial charge in [0.05, 0.1) is 16.5 Å². The molecule has 0 saturated heterocycles. The summed E-state index contributed by atoms with van der Waals surface area (Å²) in [6, 6.07) is 119. The molecule has 0 fully saturated rings. The summed E-state index contributed by atoms with van der Waals surface area (Å²) in [5.74, 6) is 0. The Kier molecular flexibility index (Phi) is 11.1. The second-order valence-electron chi connectivity index (χ2n) is 21.0. The molecule has 0 unspecified atom stereocenters. The molecule has 0 spiro atoms. The van der Waals surface area contributed by atoms with Gasteiger partial charge < -0.3 is 4.90 Å². The average molecular weight is 1000 g/mol. The van der Waals surface area contributed by atoms with E-state index >= 15 is 0 Å². The zero-order valence-electron chi connectivity index (χ0n) is 43.5. The molecule has 0 bridgehead atoms. The van der Waals surface area contributed by atoms with E-state index in [2.05, 4.69) is 326 Å². The quantitative estimate of drug-likeness (QED) is 0.132. The summed E-state index contributed by atoms with van der Waals surface area (Å²) < 4.78 is 0. The van der Waals surface area contributed by atoms with E-state index in [0.717, 1.165) is 28.2 Å². The number of hydrogen-bond donors (Lipinski definition) is 0. The predicted molar refractivity (Wildman–Crippen MR) is 330 cm³/mol. The first-order valence-corrected chi connectivity index (χ1v) is 27.5. The Morgan fingerprint density at radius 2 is 0.608 bits per heavy atom. The van der Waals surface area contributed by atoms with Gasteiger partial charge in [-0.3, -0.25) is 0 Å². The number of rotatable bonds is 10. The molecular formula is C78H53N. The minimum atomic E-state index is -0.568. The van der Waals surface area contributed by atoms with Crippen LogP contribution in [0.15, 0.2) is 322 Å². The van der Waals surface area contributed by atoms with Gasteiger partial charge in [-0.15, -0.1) is 0 Å². The number of para-hydroxylation sites is 1. The van der Waals surface area contributed by atoms with E-state index in [0.29, 0.717) is 0 Å². The normalized spacial score (nSPS) is 13.3. The lowest BCUT2D eigenvalue weighted by Gasteiger charge is -2.35. The summed E-state index contributed by atoms with van der Waals surface area (Å²) in [6.07, 6.45) is 0. The van der Waals surface area contributed by atoms with Crippen LogP contribution in [-0.2, 0) is 10.8 Å². The SMILES string of the molecule is c1ccc(-c2cccc3cccc(-c4ccccc4N(c4ccc(-c5ccc6c(c5)C(c5ccccc5)(c5ccccc5)c5ccccc5-6)cc4)c4ccc5c(c4)C(c4ccccc4)(c4ccccc4)c4ccccc4-5)c23)cc1. The summed E-state index contributed by atoms with van der Waals surface area (Å²) in [6.45, 7) is 0. The van der Waals surface area contributed by atoms with Gasteiger partial charge in [0.2, 0.25) is 0 Å². The van der Waals surface area contributed by atoms with E-state index in [1.54, 1.807) is 0 Å². The van der Waals surface area contributed by atoms with E-state index in [1.807, 2.05) is 0 Å². The largest absolute Gasteiger partial charge is 0.310 e. The maximum Gasteiger partial charge on any atom is 0.0714 e. The number of anilines is 3. The molecule has 15 rings (SSSR count). The first kappa shape index (κ1) is 46.2. The molecule has 1 nitrogen and oxygen atoms in total. The summed E-state index contributed by atoms with van der Waals surface area (Å²) in [5.41, 5.74) is 24.5. The second kappa shape index (κ2) is 18.9. The van der Waals surface area contributed by atoms with Crippen molar-refractivity contribution in [2.24, 2.45) is 0 Å². The Hall–Kier alpha value is -10.1. The zero-order valence-corrected chi connectivity index (χ0v) is 43.5. The van der Waals surface area contributed by atoms with Crippen molar-refractivity contribution in [3.8, 4) is 55.6 Å². The van der Waals surface area contributed by atoms with Gasteiger partial charge >= 0.3 is 0 Å². The Bertz CT molecular complexity index is 4310. The summed E-state index contributed by atoms with van der Waals surface area (Å²) in [7, 11) is 0. The van der Waals surface area contributed by atoms with Crippen LogP contribution in [0.1, 0.15) is 44.5 Å². The lowest BCUT2D eigenvalue weighted by atomic mass is 9.67. The van der Waals surface area contributed by atoms with Crippen LogP contribution >= 0.6 is 0 Å². The van der Waals surface area contributed by atoms with Crippen LogP contribution in [0.3, 0.4) is 0 Å². The van der Waals surface area contributed by atoms with Gasteiger partial charge in [-0.05, 0) is 142 Å². The van der Waals surface area contributed by atoms with Gasteiger partial charge in [-0.2, -0.15) is 0 Å². The maximum absolute atomic E-state index is 2.50. The Labute approximate surface area is 462 Å². The molecule has 0 atom stereocenters. The standard InChI is InChI=1S/C78H53N/c1-6-24-55(25-7-1)64-39-22-26-56-27-23-40-70(76(56)64)69-38-18-21-43-75(69)79(63-49-51-68-66-37-17-20-42-72(66)78(74(68)53-63,60-32-12-4-13-33-60)61-34-14-5-15-35-61)62-47-44-54(45-48-62)57-46-50-67-65-36-16-19-41-71(65)77(73(67)52-57,58-28-8-2-9-29-58)59-30-10-3-11-31-59/h1-53H. The molecule has 2 aliphatic rings. The highest BCUT2D eigenvalue weighted by molar-refractivity contribution is 6.09. The van der Waals surface area contributed by atoms with Gasteiger partial charge in [-0.1, -0.05) is 285 Å². The van der Waals surface area contributed by atoms with Crippen LogP contribution in [0.2, 0.25) is 0 Å². The maximum atomic E-state index is 2.50. The molecule has 0 radical (unpaired) electrons. The van der Waals surface area contributed by atoms with Gasteiger partial charge in [0.15, 0.2) is 0 Å². The van der Waals surface area contributed by atoms with E-state index in [9.17, 15) is 0 Å². The molecule has 0 aliphatic heterocycles. The third-order valence-corrected chi connectivity index (χ3v) is 17.0. The van der Waals surface area contributed by atoms with Gasteiger partial charge in [0.1, 0.15) is 0 Å². The molecular weight excluding hydrogens is 951 g/mol. The van der Waals surface area contributed by atoms with Crippen molar-refractivity contribution in [2.75, 3.05) is 4.90 Å². The molecule has 370 valence electrons. The van der Waals surface area contributed by atoms with Crippen LogP contribution < -0.4 is 4.90 Å². The molecule has 0 heterocycles. The van der Waals surface area contributed by atoms with Crippen LogP contribution in [0, 0.1) is 0 Å². The second-order valence-corrected chi connectivity index (χ2v) is 21.0. The van der Waals surface area contributed by atoms with Crippen molar-refractivity contribution < 1.29 is 0 Å². The van der Waals surface area contributed by atoms with E-state index in [4.69, 9.17) is 0 Å². The third kappa shape index (κ3) is 7.17. The molecule has 79 heavy (non-hydrogen) atoms. The van der Waals surface area contributed by atoms with E-state index in [-0.39, 0.29) is 0 Å². The van der Waals surface area contributed by atoms with Crippen LogP contribution in [-0.4, -0.2) is 0 Å². The molecule has 13 aromatic rings. The number of nitrogens with zero attached hydrogens (tertiary/aromatic N) is 1. The first-order chi connectivity index (χ1) is 39.2. The van der Waals surface area contributed by atoms with Crippen LogP contribution in [0.4, 0.5) is 17.1 Å². The Morgan fingerprint density at radius 1 is 0.215 bits per heavy atom. The zero-order chi connectivity index (χ0) is 52.3. The van der Waals surface area contributed by atoms with Crippen molar-refractivity contribution in [1.29, 1.82) is 0 Å². The summed E-state index contributed by atoms with van der Waals surface area (Å²) in [4.78, 5) is 2.50. The minimum Gasteiger partial charge on any atom is -0.310 e. The molecule has 1 heteroatoms. The Balaban J connectivity index is 0.946. The van der Waals surface area contributed by atoms with Crippen LogP contribution in [0.5, 0.6) is 0 Å². The topological polar surface area (TPSA) is 3.24 Å². The number of fused-ring (bicyclic) bond motifs is 7. The highest BCUT2D eigenvalue weighted by Gasteiger charge is 2.48. The Morgan fingerprint density at radius 3 is 1.15 bits per heavy atom. The third-order valence-electron chi connectivity index (χ3n) is 17.0. The lowest BCUT2D eigenvalue weighted by molar-refractivity contribution is 0.768. The van der Waals surface area contributed by atoms with Crippen LogP contribution in [0.25, 0.3) is 66.4 Å². The number of benzene rings is 13. The molecule has 13 aromatic carbocycles. The van der Waals surface area contributed by atoms with Crippen molar-refractivity contribution in [1.82, 2.24) is 0 Å². The average Bonchev–Trinajstić information content (AvgIpc) is 3.84. The number of hydrogen-bond acceptors (Lipinski definition) is 1. The van der Waals surface area contributed by atoms with Gasteiger partial charge in [0, 0.05) is 16.9 Å². The van der Waals surface area contributed by atoms with E-state index < -0.39 is 10.8 Å². The summed E-state index contributed by atoms with van der Waals surface area (Å²) >= 11 is 0. The van der Waals surface area contributed by atoms with Crippen molar-refractivity contribution in [3.63, 3.8) is 0 Å². The highest BCUT2D eigenvalue weighted by Crippen LogP contribution is 2.59. The molecule has 0 saturated carbocycles. The van der Waals surface area contributed by atoms with Gasteiger partial charge in [0.25, 0.3) is 0 Å². The fraction of sp³-hybridized carbons (Fsp3) is 0.0256. The molecule has 0 amide bonds. The van der Waals surface area contributed by atoms with Crippen molar-refractivity contribution in [3.05, 3.63) is 366 Å². The molecule has 0 aromatic heterocycles. The van der Waals surface area contributed by atoms with Crippen molar-refractivity contribution in [2.45, 2.75) is 10.8 Å². The lowest BCUT2D eigenvalue weighted by Crippen LogP contribution is -2.28. The summed E-state index contributed by atoms with van der Waals surface area (Å²) in [5, 5.41) is 2.44. The smallest absolute Gasteiger partial charge is 0.0714 e. The monoisotopic (exact) mass is 1000 g/mol. The van der Waals surface area contributed by atoms with Crippen molar-refractivity contribution >= 4 is 27.8 Å². The molecule has 0 N–H and O–H groups in total. The fourth-order valence-electron chi connectivity index (χ4n) is 13.7. The minimum absolute atomic E-state index is 0.491. The van der Waals surface area contributed by atoms with Gasteiger partial charge in [-0.25, -0.2) is 0 Å². The van der Waals surface area contributed by atoms with E-state index in [1.165, 1.54) is 99.8 Å².